The van der Waals surface area contributed by atoms with Gasteiger partial charge in [-0.25, -0.2) is 0 Å². The van der Waals surface area contributed by atoms with Gasteiger partial charge in [0.1, 0.15) is 0 Å². The molecule has 1 aliphatic heterocycles. The summed E-state index contributed by atoms with van der Waals surface area (Å²) in [6.45, 7) is 6.39. The number of piperidine rings is 1. The molecule has 1 saturated heterocycles. The fourth-order valence-electron chi connectivity index (χ4n) is 2.28. The first-order valence-electron chi connectivity index (χ1n) is 6.17. The van der Waals surface area contributed by atoms with Gasteiger partial charge in [-0.05, 0) is 25.7 Å². The standard InChI is InChI=1S/C12H23BrN2O/c1-3-10(6-13)7-15-8-11(12(14)16)5-4-9(15)2/h9-11H,3-8H2,1-2H3,(H2,14,16). The zero-order chi connectivity index (χ0) is 12.1. The van der Waals surface area contributed by atoms with Gasteiger partial charge in [-0.15, -0.1) is 0 Å². The Morgan fingerprint density at radius 3 is 2.75 bits per heavy atom. The minimum atomic E-state index is -0.135. The highest BCUT2D eigenvalue weighted by Gasteiger charge is 2.29. The van der Waals surface area contributed by atoms with E-state index in [-0.39, 0.29) is 11.8 Å². The van der Waals surface area contributed by atoms with E-state index in [1.54, 1.807) is 0 Å². The van der Waals surface area contributed by atoms with Crippen molar-refractivity contribution in [2.75, 3.05) is 18.4 Å². The number of hydrogen-bond acceptors (Lipinski definition) is 2. The van der Waals surface area contributed by atoms with E-state index in [2.05, 4.69) is 34.7 Å². The molecule has 0 saturated carbocycles. The largest absolute Gasteiger partial charge is 0.369 e. The highest BCUT2D eigenvalue weighted by Crippen LogP contribution is 2.23. The monoisotopic (exact) mass is 290 g/mol. The summed E-state index contributed by atoms with van der Waals surface area (Å²) in [6, 6.07) is 0.587. The molecule has 0 bridgehead atoms. The van der Waals surface area contributed by atoms with Crippen LogP contribution >= 0.6 is 15.9 Å². The summed E-state index contributed by atoms with van der Waals surface area (Å²) >= 11 is 3.55. The number of carbonyl (C=O) groups excluding carboxylic acids is 1. The predicted octanol–water partition coefficient (Wildman–Crippen LogP) is 1.99. The normalized spacial score (nSPS) is 28.9. The topological polar surface area (TPSA) is 46.3 Å². The van der Waals surface area contributed by atoms with E-state index in [1.807, 2.05) is 0 Å². The minimum Gasteiger partial charge on any atom is -0.369 e. The molecule has 4 heteroatoms. The van der Waals surface area contributed by atoms with Crippen molar-refractivity contribution in [2.45, 2.75) is 39.2 Å². The Hall–Kier alpha value is -0.0900. The molecule has 1 rings (SSSR count). The Morgan fingerprint density at radius 2 is 2.25 bits per heavy atom. The number of nitrogens with zero attached hydrogens (tertiary/aromatic N) is 1. The zero-order valence-corrected chi connectivity index (χ0v) is 11.9. The third kappa shape index (κ3) is 3.74. The molecule has 16 heavy (non-hydrogen) atoms. The van der Waals surface area contributed by atoms with Crippen molar-refractivity contribution in [3.05, 3.63) is 0 Å². The third-order valence-corrected chi connectivity index (χ3v) is 4.62. The molecule has 1 aliphatic rings. The summed E-state index contributed by atoms with van der Waals surface area (Å²) in [4.78, 5) is 13.6. The first-order valence-corrected chi connectivity index (χ1v) is 7.29. The molecule has 3 atom stereocenters. The van der Waals surface area contributed by atoms with E-state index in [4.69, 9.17) is 5.73 Å². The van der Waals surface area contributed by atoms with Crippen molar-refractivity contribution < 1.29 is 4.79 Å². The van der Waals surface area contributed by atoms with E-state index in [9.17, 15) is 4.79 Å². The Bertz CT molecular complexity index is 231. The van der Waals surface area contributed by atoms with Gasteiger partial charge in [0, 0.05) is 24.5 Å². The second kappa shape index (κ2) is 6.60. The van der Waals surface area contributed by atoms with Crippen LogP contribution in [0.25, 0.3) is 0 Å². The lowest BCUT2D eigenvalue weighted by molar-refractivity contribution is -0.124. The van der Waals surface area contributed by atoms with Gasteiger partial charge in [0.2, 0.25) is 5.91 Å². The smallest absolute Gasteiger partial charge is 0.221 e. The molecule has 0 radical (unpaired) electrons. The maximum atomic E-state index is 11.2. The molecular formula is C12H23BrN2O. The highest BCUT2D eigenvalue weighted by molar-refractivity contribution is 9.09. The second-order valence-electron chi connectivity index (χ2n) is 4.91. The number of amides is 1. The van der Waals surface area contributed by atoms with Crippen LogP contribution in [0, 0.1) is 11.8 Å². The summed E-state index contributed by atoms with van der Waals surface area (Å²) in [6.07, 6.45) is 3.22. The quantitative estimate of drug-likeness (QED) is 0.787. The van der Waals surface area contributed by atoms with E-state index in [0.717, 1.165) is 31.3 Å². The number of nitrogens with two attached hydrogens (primary N) is 1. The maximum Gasteiger partial charge on any atom is 0.221 e. The van der Waals surface area contributed by atoms with Crippen molar-refractivity contribution in [3.8, 4) is 0 Å². The highest BCUT2D eigenvalue weighted by atomic mass is 79.9. The average molecular weight is 291 g/mol. The molecular weight excluding hydrogens is 268 g/mol. The van der Waals surface area contributed by atoms with Crippen molar-refractivity contribution in [1.29, 1.82) is 0 Å². The van der Waals surface area contributed by atoms with Gasteiger partial charge in [-0.3, -0.25) is 9.69 Å². The average Bonchev–Trinajstić information content (AvgIpc) is 2.27. The number of primary amides is 1. The fraction of sp³-hybridized carbons (Fsp3) is 0.917. The van der Waals surface area contributed by atoms with Crippen molar-refractivity contribution >= 4 is 21.8 Å². The lowest BCUT2D eigenvalue weighted by Gasteiger charge is -2.38. The lowest BCUT2D eigenvalue weighted by atomic mass is 9.92. The number of carbonyl (C=O) groups is 1. The molecule has 0 aromatic rings. The Balaban J connectivity index is 2.52. The van der Waals surface area contributed by atoms with Gasteiger partial charge >= 0.3 is 0 Å². The van der Waals surface area contributed by atoms with Crippen molar-refractivity contribution in [3.63, 3.8) is 0 Å². The van der Waals surface area contributed by atoms with Crippen LogP contribution in [0.1, 0.15) is 33.1 Å². The Labute approximate surface area is 107 Å². The van der Waals surface area contributed by atoms with Crippen molar-refractivity contribution in [2.24, 2.45) is 17.6 Å². The third-order valence-electron chi connectivity index (χ3n) is 3.70. The minimum absolute atomic E-state index is 0.0593. The molecule has 1 amide bonds. The van der Waals surface area contributed by atoms with Crippen LogP contribution in [0.4, 0.5) is 0 Å². The van der Waals surface area contributed by atoms with Crippen LogP contribution in [0.15, 0.2) is 0 Å². The molecule has 2 N–H and O–H groups in total. The van der Waals surface area contributed by atoms with Crippen LogP contribution < -0.4 is 5.73 Å². The van der Waals surface area contributed by atoms with Gasteiger partial charge in [0.25, 0.3) is 0 Å². The number of halogens is 1. The number of rotatable bonds is 5. The summed E-state index contributed by atoms with van der Waals surface area (Å²) < 4.78 is 0. The van der Waals surface area contributed by atoms with Gasteiger partial charge in [0.15, 0.2) is 0 Å². The molecule has 0 aromatic carbocycles. The van der Waals surface area contributed by atoms with E-state index < -0.39 is 0 Å². The number of alkyl halides is 1. The van der Waals surface area contributed by atoms with Gasteiger partial charge in [-0.2, -0.15) is 0 Å². The fourth-order valence-corrected chi connectivity index (χ4v) is 2.95. The summed E-state index contributed by atoms with van der Waals surface area (Å²) in [5, 5.41) is 1.04. The van der Waals surface area contributed by atoms with Crippen LogP contribution in [0.3, 0.4) is 0 Å². The van der Waals surface area contributed by atoms with Gasteiger partial charge in [-0.1, -0.05) is 29.3 Å². The first kappa shape index (κ1) is 14.0. The molecule has 0 aliphatic carbocycles. The van der Waals surface area contributed by atoms with Crippen LogP contribution in [0.5, 0.6) is 0 Å². The zero-order valence-electron chi connectivity index (χ0n) is 10.3. The van der Waals surface area contributed by atoms with Gasteiger partial charge < -0.3 is 5.73 Å². The molecule has 94 valence electrons. The Kier molecular flexibility index (Phi) is 5.76. The van der Waals surface area contributed by atoms with E-state index in [0.29, 0.717) is 12.0 Å². The van der Waals surface area contributed by atoms with E-state index >= 15 is 0 Å². The molecule has 1 fully saturated rings. The van der Waals surface area contributed by atoms with Crippen LogP contribution in [-0.4, -0.2) is 35.3 Å². The van der Waals surface area contributed by atoms with Gasteiger partial charge in [0.05, 0.1) is 5.92 Å². The molecule has 1 heterocycles. The second-order valence-corrected chi connectivity index (χ2v) is 5.56. The predicted molar refractivity (Wildman–Crippen MR) is 70.5 cm³/mol. The Morgan fingerprint density at radius 1 is 1.56 bits per heavy atom. The SMILES string of the molecule is CCC(CBr)CN1CC(C(N)=O)CCC1C. The summed E-state index contributed by atoms with van der Waals surface area (Å²) in [7, 11) is 0. The lowest BCUT2D eigenvalue weighted by Crippen LogP contribution is -2.47. The molecule has 3 nitrogen and oxygen atoms in total. The maximum absolute atomic E-state index is 11.2. The summed E-state index contributed by atoms with van der Waals surface area (Å²) in [5.41, 5.74) is 5.40. The van der Waals surface area contributed by atoms with Crippen LogP contribution in [-0.2, 0) is 4.79 Å². The number of likely N-dealkylation sites (tertiary alicyclic amines) is 1. The molecule has 0 spiro atoms. The number of hydrogen-bond donors (Lipinski definition) is 1. The molecule has 3 unspecified atom stereocenters. The summed E-state index contributed by atoms with van der Waals surface area (Å²) in [5.74, 6) is 0.599. The van der Waals surface area contributed by atoms with Crippen molar-refractivity contribution in [1.82, 2.24) is 4.90 Å². The molecule has 0 aromatic heterocycles. The van der Waals surface area contributed by atoms with Crippen LogP contribution in [0.2, 0.25) is 0 Å². The van der Waals surface area contributed by atoms with E-state index in [1.165, 1.54) is 6.42 Å². The first-order chi connectivity index (χ1) is 7.58.